The van der Waals surface area contributed by atoms with Crippen LogP contribution in [0.3, 0.4) is 0 Å². The highest BCUT2D eigenvalue weighted by molar-refractivity contribution is 5.87. The Kier molecular flexibility index (Phi) is 2.02. The van der Waals surface area contributed by atoms with Gasteiger partial charge in [0.2, 0.25) is 0 Å². The number of carboxylic acid groups (broad SMARTS) is 1. The van der Waals surface area contributed by atoms with E-state index < -0.39 is 5.97 Å². The van der Waals surface area contributed by atoms with Crippen molar-refractivity contribution >= 4 is 5.97 Å². The predicted molar refractivity (Wildman–Crippen MR) is 46.8 cm³/mol. The maximum Gasteiger partial charge on any atom is 0.335 e. The molecule has 0 amide bonds. The first-order valence-electron chi connectivity index (χ1n) is 4.20. The molecule has 2 rings (SSSR count). The summed E-state index contributed by atoms with van der Waals surface area (Å²) in [6.07, 6.45) is 0.884. The molecule has 0 atom stereocenters. The van der Waals surface area contributed by atoms with Crippen LogP contribution in [0.2, 0.25) is 0 Å². The van der Waals surface area contributed by atoms with Crippen molar-refractivity contribution in [3.8, 4) is 0 Å². The van der Waals surface area contributed by atoms with Gasteiger partial charge in [0, 0.05) is 0 Å². The van der Waals surface area contributed by atoms with Gasteiger partial charge in [-0.3, -0.25) is 0 Å². The summed E-state index contributed by atoms with van der Waals surface area (Å²) in [7, 11) is 0. The van der Waals surface area contributed by atoms with Crippen LogP contribution in [0.5, 0.6) is 0 Å². The number of aromatic carboxylic acids is 1. The van der Waals surface area contributed by atoms with Crippen LogP contribution in [0.25, 0.3) is 0 Å². The Morgan fingerprint density at radius 2 is 2.23 bits per heavy atom. The van der Waals surface area contributed by atoms with Crippen LogP contribution in [0.4, 0.5) is 0 Å². The molecule has 3 heteroatoms. The van der Waals surface area contributed by atoms with E-state index in [4.69, 9.17) is 9.84 Å². The molecule has 0 radical (unpaired) electrons. The highest BCUT2D eigenvalue weighted by Crippen LogP contribution is 2.18. The predicted octanol–water partition coefficient (Wildman–Crippen LogP) is 1.46. The second-order valence-corrected chi connectivity index (χ2v) is 3.09. The zero-order valence-electron chi connectivity index (χ0n) is 7.12. The standard InChI is InChI=1S/C10H10O3/c11-10(12)8-2-1-7-3-4-13-6-9(7)5-8/h1-2,5H,3-4,6H2,(H,11,12). The van der Waals surface area contributed by atoms with Gasteiger partial charge in [0.15, 0.2) is 0 Å². The van der Waals surface area contributed by atoms with E-state index in [0.29, 0.717) is 12.2 Å². The lowest BCUT2D eigenvalue weighted by molar-refractivity contribution is 0.0696. The zero-order valence-corrected chi connectivity index (χ0v) is 7.12. The van der Waals surface area contributed by atoms with Crippen LogP contribution in [0, 0.1) is 0 Å². The van der Waals surface area contributed by atoms with Crippen LogP contribution < -0.4 is 0 Å². The first kappa shape index (κ1) is 8.26. The zero-order chi connectivity index (χ0) is 9.26. The summed E-state index contributed by atoms with van der Waals surface area (Å²) < 4.78 is 5.24. The Morgan fingerprint density at radius 1 is 1.38 bits per heavy atom. The number of carboxylic acids is 1. The third kappa shape index (κ3) is 1.55. The van der Waals surface area contributed by atoms with Crippen molar-refractivity contribution in [3.63, 3.8) is 0 Å². The second-order valence-electron chi connectivity index (χ2n) is 3.09. The van der Waals surface area contributed by atoms with E-state index in [0.717, 1.165) is 18.6 Å². The summed E-state index contributed by atoms with van der Waals surface area (Å²) in [5, 5.41) is 8.75. The number of rotatable bonds is 1. The van der Waals surface area contributed by atoms with E-state index in [9.17, 15) is 4.79 Å². The number of hydrogen-bond acceptors (Lipinski definition) is 2. The molecule has 0 bridgehead atoms. The smallest absolute Gasteiger partial charge is 0.335 e. The number of fused-ring (bicyclic) bond motifs is 1. The third-order valence-electron chi connectivity index (χ3n) is 2.23. The van der Waals surface area contributed by atoms with Crippen molar-refractivity contribution in [1.29, 1.82) is 0 Å². The van der Waals surface area contributed by atoms with Gasteiger partial charge in [-0.25, -0.2) is 4.79 Å². The van der Waals surface area contributed by atoms with E-state index in [2.05, 4.69) is 0 Å². The summed E-state index contributed by atoms with van der Waals surface area (Å²) >= 11 is 0. The molecule has 0 unspecified atom stereocenters. The molecule has 3 nitrogen and oxygen atoms in total. The molecule has 0 saturated heterocycles. The lowest BCUT2D eigenvalue weighted by Gasteiger charge is -2.16. The van der Waals surface area contributed by atoms with Crippen molar-refractivity contribution in [2.75, 3.05) is 6.61 Å². The molecule has 1 N–H and O–H groups in total. The third-order valence-corrected chi connectivity index (χ3v) is 2.23. The lowest BCUT2D eigenvalue weighted by atomic mass is 10.0. The lowest BCUT2D eigenvalue weighted by Crippen LogP contribution is -2.11. The Bertz CT molecular complexity index is 344. The quantitative estimate of drug-likeness (QED) is 0.708. The van der Waals surface area contributed by atoms with Gasteiger partial charge in [-0.1, -0.05) is 6.07 Å². The Hall–Kier alpha value is -1.35. The van der Waals surface area contributed by atoms with Crippen LogP contribution in [0.1, 0.15) is 21.5 Å². The molecule has 1 aliphatic heterocycles. The largest absolute Gasteiger partial charge is 0.478 e. The molecule has 1 aromatic carbocycles. The van der Waals surface area contributed by atoms with E-state index in [-0.39, 0.29) is 0 Å². The molecule has 0 spiro atoms. The summed E-state index contributed by atoms with van der Waals surface area (Å²) in [4.78, 5) is 10.6. The van der Waals surface area contributed by atoms with E-state index in [1.807, 2.05) is 6.07 Å². The summed E-state index contributed by atoms with van der Waals surface area (Å²) in [5.74, 6) is -0.881. The first-order valence-corrected chi connectivity index (χ1v) is 4.20. The van der Waals surface area contributed by atoms with Gasteiger partial charge in [-0.05, 0) is 29.7 Å². The van der Waals surface area contributed by atoms with Crippen LogP contribution in [-0.2, 0) is 17.8 Å². The van der Waals surface area contributed by atoms with E-state index in [1.165, 1.54) is 5.56 Å². The Morgan fingerprint density at radius 3 is 3.00 bits per heavy atom. The number of hydrogen-bond donors (Lipinski definition) is 1. The molecule has 13 heavy (non-hydrogen) atoms. The summed E-state index contributed by atoms with van der Waals surface area (Å²) in [6.45, 7) is 1.27. The number of benzene rings is 1. The maximum absolute atomic E-state index is 10.6. The number of ether oxygens (including phenoxy) is 1. The van der Waals surface area contributed by atoms with Crippen molar-refractivity contribution in [2.24, 2.45) is 0 Å². The Balaban J connectivity index is 2.40. The van der Waals surface area contributed by atoms with Crippen molar-refractivity contribution in [3.05, 3.63) is 34.9 Å². The highest BCUT2D eigenvalue weighted by atomic mass is 16.5. The molecule has 0 saturated carbocycles. The minimum Gasteiger partial charge on any atom is -0.478 e. The first-order chi connectivity index (χ1) is 6.27. The molecule has 0 fully saturated rings. The number of carbonyl (C=O) groups is 1. The van der Waals surface area contributed by atoms with Gasteiger partial charge in [0.25, 0.3) is 0 Å². The van der Waals surface area contributed by atoms with Gasteiger partial charge < -0.3 is 9.84 Å². The molecule has 68 valence electrons. The SMILES string of the molecule is O=C(O)c1ccc2c(c1)COCC2. The fraction of sp³-hybridized carbons (Fsp3) is 0.300. The van der Waals surface area contributed by atoms with Crippen LogP contribution >= 0.6 is 0 Å². The molecule has 0 aliphatic carbocycles. The fourth-order valence-electron chi connectivity index (χ4n) is 1.50. The molecule has 1 aromatic rings. The second kappa shape index (κ2) is 3.18. The van der Waals surface area contributed by atoms with Gasteiger partial charge in [0.1, 0.15) is 0 Å². The van der Waals surface area contributed by atoms with Crippen LogP contribution in [0.15, 0.2) is 18.2 Å². The van der Waals surface area contributed by atoms with Gasteiger partial charge >= 0.3 is 5.97 Å². The maximum atomic E-state index is 10.6. The van der Waals surface area contributed by atoms with Gasteiger partial charge in [-0.15, -0.1) is 0 Å². The molecule has 1 aliphatic rings. The van der Waals surface area contributed by atoms with Crippen LogP contribution in [-0.4, -0.2) is 17.7 Å². The highest BCUT2D eigenvalue weighted by Gasteiger charge is 2.11. The molecular formula is C10H10O3. The normalized spacial score (nSPS) is 15.1. The van der Waals surface area contributed by atoms with Gasteiger partial charge in [0.05, 0.1) is 18.8 Å². The van der Waals surface area contributed by atoms with E-state index >= 15 is 0 Å². The summed E-state index contributed by atoms with van der Waals surface area (Å²) in [6, 6.07) is 5.21. The molecule has 1 heterocycles. The van der Waals surface area contributed by atoms with Crippen molar-refractivity contribution in [1.82, 2.24) is 0 Å². The average Bonchev–Trinajstić information content (AvgIpc) is 2.17. The monoisotopic (exact) mass is 178 g/mol. The van der Waals surface area contributed by atoms with E-state index in [1.54, 1.807) is 12.1 Å². The van der Waals surface area contributed by atoms with Crippen molar-refractivity contribution in [2.45, 2.75) is 13.0 Å². The minimum absolute atomic E-state index is 0.337. The fourth-order valence-corrected chi connectivity index (χ4v) is 1.50. The topological polar surface area (TPSA) is 46.5 Å². The Labute approximate surface area is 76.0 Å². The van der Waals surface area contributed by atoms with Gasteiger partial charge in [-0.2, -0.15) is 0 Å². The average molecular weight is 178 g/mol. The van der Waals surface area contributed by atoms with Crippen molar-refractivity contribution < 1.29 is 14.6 Å². The molecule has 0 aromatic heterocycles. The minimum atomic E-state index is -0.881. The molecular weight excluding hydrogens is 168 g/mol. The summed E-state index contributed by atoms with van der Waals surface area (Å²) in [5.41, 5.74) is 2.55.